The average Bonchev–Trinajstić information content (AvgIpc) is 2.80. The summed E-state index contributed by atoms with van der Waals surface area (Å²) in [6.07, 6.45) is 4.04. The van der Waals surface area contributed by atoms with Crippen LogP contribution in [0.25, 0.3) is 0 Å². The van der Waals surface area contributed by atoms with E-state index in [1.165, 1.54) is 18.0 Å². The van der Waals surface area contributed by atoms with Crippen molar-refractivity contribution in [2.24, 2.45) is 17.8 Å². The van der Waals surface area contributed by atoms with E-state index in [1.54, 1.807) is 0 Å². The van der Waals surface area contributed by atoms with Gasteiger partial charge in [0.25, 0.3) is 0 Å². The number of aryl methyl sites for hydroxylation is 1. The Bertz CT molecular complexity index is 402. The summed E-state index contributed by atoms with van der Waals surface area (Å²) in [6.45, 7) is 6.58. The lowest BCUT2D eigenvalue weighted by Crippen LogP contribution is -2.26. The highest BCUT2D eigenvalue weighted by Crippen LogP contribution is 2.35. The van der Waals surface area contributed by atoms with Crippen LogP contribution in [-0.4, -0.2) is 15.4 Å². The summed E-state index contributed by atoms with van der Waals surface area (Å²) >= 11 is 1.27. The van der Waals surface area contributed by atoms with Crippen LogP contribution >= 0.6 is 11.5 Å². The highest BCUT2D eigenvalue weighted by Gasteiger charge is 2.31. The summed E-state index contributed by atoms with van der Waals surface area (Å²) in [6, 6.07) is 0. The number of rotatable bonds is 3. The molecule has 0 saturated heterocycles. The van der Waals surface area contributed by atoms with Gasteiger partial charge in [0.1, 0.15) is 4.88 Å². The standard InChI is InChI=1S/C13H20N2OS/c1-4-11-13(17-15-14-11)12(16)10-6-5-8(2)9(3)7-10/h8-10H,4-7H2,1-3H3. The molecule has 1 aromatic rings. The zero-order valence-corrected chi connectivity index (χ0v) is 11.6. The van der Waals surface area contributed by atoms with Gasteiger partial charge >= 0.3 is 0 Å². The second-order valence-corrected chi connectivity index (χ2v) is 5.99. The number of Topliss-reactive ketones (excluding diaryl/α,β-unsaturated/α-hetero) is 1. The molecule has 3 unspecified atom stereocenters. The highest BCUT2D eigenvalue weighted by molar-refractivity contribution is 7.08. The van der Waals surface area contributed by atoms with Crippen LogP contribution in [0.1, 0.15) is 55.4 Å². The quantitative estimate of drug-likeness (QED) is 0.775. The summed E-state index contributed by atoms with van der Waals surface area (Å²) in [5.74, 6) is 1.90. The number of carbonyl (C=O) groups excluding carboxylic acids is 1. The minimum Gasteiger partial charge on any atom is -0.293 e. The molecule has 0 spiro atoms. The maximum absolute atomic E-state index is 12.4. The zero-order valence-electron chi connectivity index (χ0n) is 10.8. The number of hydrogen-bond acceptors (Lipinski definition) is 4. The van der Waals surface area contributed by atoms with Crippen molar-refractivity contribution >= 4 is 17.3 Å². The van der Waals surface area contributed by atoms with Gasteiger partial charge in [-0.3, -0.25) is 4.79 Å². The summed E-state index contributed by atoms with van der Waals surface area (Å²) in [5.41, 5.74) is 0.881. The third-order valence-corrected chi connectivity index (χ3v) is 4.87. The fraction of sp³-hybridized carbons (Fsp3) is 0.769. The Labute approximate surface area is 107 Å². The van der Waals surface area contributed by atoms with Gasteiger partial charge in [-0.1, -0.05) is 25.3 Å². The third kappa shape index (κ3) is 2.57. The Balaban J connectivity index is 2.10. The Morgan fingerprint density at radius 2 is 2.12 bits per heavy atom. The molecule has 94 valence electrons. The van der Waals surface area contributed by atoms with Gasteiger partial charge in [0.15, 0.2) is 5.78 Å². The van der Waals surface area contributed by atoms with Crippen LogP contribution in [0.2, 0.25) is 0 Å². The Morgan fingerprint density at radius 3 is 2.76 bits per heavy atom. The van der Waals surface area contributed by atoms with E-state index in [0.717, 1.165) is 35.8 Å². The average molecular weight is 252 g/mol. The number of hydrogen-bond donors (Lipinski definition) is 0. The summed E-state index contributed by atoms with van der Waals surface area (Å²) in [4.78, 5) is 13.2. The van der Waals surface area contributed by atoms with Crippen LogP contribution in [0.4, 0.5) is 0 Å². The van der Waals surface area contributed by atoms with E-state index in [2.05, 4.69) is 23.4 Å². The molecule has 1 aromatic heterocycles. The van der Waals surface area contributed by atoms with Gasteiger partial charge in [-0.25, -0.2) is 0 Å². The maximum Gasteiger partial charge on any atom is 0.179 e. The lowest BCUT2D eigenvalue weighted by Gasteiger charge is -2.30. The predicted molar refractivity (Wildman–Crippen MR) is 69.3 cm³/mol. The van der Waals surface area contributed by atoms with E-state index in [4.69, 9.17) is 0 Å². The first-order valence-electron chi connectivity index (χ1n) is 6.48. The molecule has 0 aliphatic heterocycles. The fourth-order valence-electron chi connectivity index (χ4n) is 2.60. The van der Waals surface area contributed by atoms with E-state index in [1.807, 2.05) is 6.92 Å². The number of nitrogens with zero attached hydrogens (tertiary/aromatic N) is 2. The van der Waals surface area contributed by atoms with E-state index >= 15 is 0 Å². The maximum atomic E-state index is 12.4. The molecule has 3 atom stereocenters. The van der Waals surface area contributed by atoms with Crippen LogP contribution in [-0.2, 0) is 6.42 Å². The second-order valence-electron chi connectivity index (χ2n) is 5.23. The lowest BCUT2D eigenvalue weighted by atomic mass is 9.74. The van der Waals surface area contributed by atoms with Crippen molar-refractivity contribution in [3.8, 4) is 0 Å². The SMILES string of the molecule is CCc1nnsc1C(=O)C1CCC(C)C(C)C1. The Hall–Kier alpha value is -0.770. The lowest BCUT2D eigenvalue weighted by molar-refractivity contribution is 0.0841. The largest absolute Gasteiger partial charge is 0.293 e. The molecule has 1 fully saturated rings. The number of carbonyl (C=O) groups is 1. The highest BCUT2D eigenvalue weighted by atomic mass is 32.1. The van der Waals surface area contributed by atoms with Gasteiger partial charge in [0.2, 0.25) is 0 Å². The van der Waals surface area contributed by atoms with Crippen molar-refractivity contribution in [2.75, 3.05) is 0 Å². The van der Waals surface area contributed by atoms with Crippen LogP contribution in [0, 0.1) is 17.8 Å². The summed E-state index contributed by atoms with van der Waals surface area (Å²) in [7, 11) is 0. The van der Waals surface area contributed by atoms with Crippen molar-refractivity contribution in [2.45, 2.75) is 46.5 Å². The smallest absolute Gasteiger partial charge is 0.179 e. The Kier molecular flexibility index (Phi) is 3.92. The van der Waals surface area contributed by atoms with Gasteiger partial charge in [-0.05, 0) is 49.1 Å². The van der Waals surface area contributed by atoms with Crippen molar-refractivity contribution in [3.63, 3.8) is 0 Å². The van der Waals surface area contributed by atoms with Gasteiger partial charge in [-0.2, -0.15) is 0 Å². The predicted octanol–water partition coefficient (Wildman–Crippen LogP) is 3.36. The molecule has 0 aromatic carbocycles. The molecule has 0 amide bonds. The van der Waals surface area contributed by atoms with Gasteiger partial charge in [0.05, 0.1) is 5.69 Å². The fourth-order valence-corrected chi connectivity index (χ4v) is 3.37. The molecule has 1 saturated carbocycles. The van der Waals surface area contributed by atoms with Gasteiger partial charge in [0, 0.05) is 5.92 Å². The van der Waals surface area contributed by atoms with E-state index in [-0.39, 0.29) is 11.7 Å². The minimum absolute atomic E-state index is 0.203. The molecule has 0 bridgehead atoms. The first-order chi connectivity index (χ1) is 8.13. The van der Waals surface area contributed by atoms with Gasteiger partial charge < -0.3 is 0 Å². The molecule has 1 heterocycles. The van der Waals surface area contributed by atoms with Crippen molar-refractivity contribution in [3.05, 3.63) is 10.6 Å². The molecule has 1 aliphatic carbocycles. The molecular formula is C13H20N2OS. The number of aromatic nitrogens is 2. The third-order valence-electron chi connectivity index (χ3n) is 4.08. The van der Waals surface area contributed by atoms with Crippen LogP contribution in [0.5, 0.6) is 0 Å². The van der Waals surface area contributed by atoms with E-state index < -0.39 is 0 Å². The molecule has 4 heteroatoms. The molecule has 0 radical (unpaired) electrons. The molecular weight excluding hydrogens is 232 g/mol. The first-order valence-corrected chi connectivity index (χ1v) is 7.26. The van der Waals surface area contributed by atoms with Crippen LogP contribution in [0.3, 0.4) is 0 Å². The molecule has 2 rings (SSSR count). The van der Waals surface area contributed by atoms with Crippen molar-refractivity contribution in [1.82, 2.24) is 9.59 Å². The van der Waals surface area contributed by atoms with Crippen molar-refractivity contribution < 1.29 is 4.79 Å². The van der Waals surface area contributed by atoms with Crippen molar-refractivity contribution in [1.29, 1.82) is 0 Å². The molecule has 3 nitrogen and oxygen atoms in total. The van der Waals surface area contributed by atoms with Crippen LogP contribution < -0.4 is 0 Å². The normalized spacial score (nSPS) is 29.2. The minimum atomic E-state index is 0.203. The van der Waals surface area contributed by atoms with E-state index in [9.17, 15) is 4.79 Å². The van der Waals surface area contributed by atoms with Gasteiger partial charge in [-0.15, -0.1) is 5.10 Å². The van der Waals surface area contributed by atoms with Crippen LogP contribution in [0.15, 0.2) is 0 Å². The molecule has 0 N–H and O–H groups in total. The summed E-state index contributed by atoms with van der Waals surface area (Å²) in [5, 5.41) is 4.03. The molecule has 17 heavy (non-hydrogen) atoms. The number of ketones is 1. The first kappa shape index (κ1) is 12.7. The second kappa shape index (κ2) is 5.25. The van der Waals surface area contributed by atoms with E-state index in [0.29, 0.717) is 5.92 Å². The topological polar surface area (TPSA) is 42.9 Å². The monoisotopic (exact) mass is 252 g/mol. The summed E-state index contributed by atoms with van der Waals surface area (Å²) < 4.78 is 3.91. The molecule has 1 aliphatic rings. The zero-order chi connectivity index (χ0) is 12.4. The Morgan fingerprint density at radius 1 is 1.35 bits per heavy atom.